The van der Waals surface area contributed by atoms with Gasteiger partial charge in [0, 0.05) is 0 Å². The molecule has 0 unspecified atom stereocenters. The number of aryl methyl sites for hydroxylation is 16. The zero-order chi connectivity index (χ0) is 75.3. The highest BCUT2D eigenvalue weighted by Gasteiger charge is 2.22. The Hall–Kier alpha value is -12.0. The van der Waals surface area contributed by atoms with Gasteiger partial charge in [-0.1, -0.05) is 324 Å². The van der Waals surface area contributed by atoms with E-state index in [-0.39, 0.29) is 0 Å². The van der Waals surface area contributed by atoms with Crippen LogP contribution in [0.15, 0.2) is 291 Å². The number of benzene rings is 18. The molecule has 0 bridgehead atoms. The smallest absolute Gasteiger partial charge is 0.00262 e. The molecule has 18 rings (SSSR count). The molecule has 0 saturated carbocycles. The lowest BCUT2D eigenvalue weighted by Gasteiger charge is -2.20. The Labute approximate surface area is 639 Å². The van der Waals surface area contributed by atoms with Gasteiger partial charge in [-0.2, -0.15) is 0 Å². The van der Waals surface area contributed by atoms with Crippen LogP contribution in [0.4, 0.5) is 0 Å². The fourth-order valence-corrected chi connectivity index (χ4v) is 16.2. The third-order valence-electron chi connectivity index (χ3n) is 22.7. The lowest BCUT2D eigenvalue weighted by atomic mass is 9.83. The molecule has 0 N–H and O–H groups in total. The van der Waals surface area contributed by atoms with E-state index in [9.17, 15) is 0 Å². The normalized spacial score (nSPS) is 11.3. The molecule has 0 atom stereocenters. The Balaban J connectivity index is 0.000000116. The van der Waals surface area contributed by atoms with Crippen molar-refractivity contribution in [3.05, 3.63) is 380 Å². The van der Waals surface area contributed by atoms with Gasteiger partial charge in [0.15, 0.2) is 0 Å². The summed E-state index contributed by atoms with van der Waals surface area (Å²) in [6.45, 7) is 35.0. The van der Waals surface area contributed by atoms with Gasteiger partial charge in [0.1, 0.15) is 0 Å². The zero-order valence-electron chi connectivity index (χ0n) is 65.7. The Bertz CT molecular complexity index is 6370. The van der Waals surface area contributed by atoms with Gasteiger partial charge in [-0.25, -0.2) is 0 Å². The summed E-state index contributed by atoms with van der Waals surface area (Å²) in [5.41, 5.74) is 36.9. The molecule has 528 valence electrons. The first-order valence-electron chi connectivity index (χ1n) is 38.3. The molecule has 0 spiro atoms. The molecular weight excluding hydrogens is 1300 g/mol. The van der Waals surface area contributed by atoms with Crippen LogP contribution >= 0.6 is 0 Å². The van der Waals surface area contributed by atoms with E-state index in [0.29, 0.717) is 0 Å². The van der Waals surface area contributed by atoms with Crippen LogP contribution in [0.2, 0.25) is 0 Å². The first kappa shape index (κ1) is 71.6. The van der Waals surface area contributed by atoms with Crippen molar-refractivity contribution < 1.29 is 0 Å². The molecule has 0 heteroatoms. The van der Waals surface area contributed by atoms with Crippen LogP contribution in [0.5, 0.6) is 0 Å². The van der Waals surface area contributed by atoms with Crippen molar-refractivity contribution in [3.63, 3.8) is 0 Å². The highest BCUT2D eigenvalue weighted by Crippen LogP contribution is 2.48. The average molecular weight is 1390 g/mol. The summed E-state index contributed by atoms with van der Waals surface area (Å²) < 4.78 is 0. The second kappa shape index (κ2) is 29.8. The molecule has 18 aromatic rings. The standard InChI is InChI=1S/C31H28.C29H24.C25H24.C23H20/c1-19-11-13-25(14-12-19)31-28-17-22(4)20(2)15-26(28)30(24-9-7-6-8-10-24)27-16-21(3)23(5)18-29(27)31;1-19-9-13-23(14-10-19)29-25-16-12-20(2)17-26(25)28(22-7-5-4-6-8-22)24-15-11-21(3)18-27(24)29;1-15-6-8-20(9-7-15)25-23-12-18(4)16(2)10-21(23)14-22-11-17(3)19(5)13-24(22)25;1-15-4-8-18(9-5-15)23-21-11-7-16(2)12-20(21)14-19-10-6-17(3)13-22(19)23/h6-18H,1-5H3;4-18H,1-3H3;6-14H,1-5H3;4-14H,1-3H3. The fraction of sp³-hybridized carbons (Fsp3) is 0.148. The fourth-order valence-electron chi connectivity index (χ4n) is 16.2. The second-order valence-electron chi connectivity index (χ2n) is 31.0. The Morgan fingerprint density at radius 1 is 0.120 bits per heavy atom. The van der Waals surface area contributed by atoms with Gasteiger partial charge in [-0.3, -0.25) is 0 Å². The lowest BCUT2D eigenvalue weighted by Crippen LogP contribution is -1.95. The van der Waals surface area contributed by atoms with E-state index in [1.807, 2.05) is 0 Å². The summed E-state index contributed by atoms with van der Waals surface area (Å²) in [6.07, 6.45) is 0. The molecule has 0 aliphatic heterocycles. The third-order valence-corrected chi connectivity index (χ3v) is 22.7. The van der Waals surface area contributed by atoms with Gasteiger partial charge in [0.05, 0.1) is 0 Å². The molecule has 18 aromatic carbocycles. The molecule has 0 heterocycles. The summed E-state index contributed by atoms with van der Waals surface area (Å²) in [7, 11) is 0. The minimum Gasteiger partial charge on any atom is -0.0622 e. The van der Waals surface area contributed by atoms with Gasteiger partial charge in [0.25, 0.3) is 0 Å². The predicted molar refractivity (Wildman–Crippen MR) is 474 cm³/mol. The quantitative estimate of drug-likeness (QED) is 0.146. The number of fused-ring (bicyclic) bond motifs is 8. The molecule has 0 aliphatic rings. The van der Waals surface area contributed by atoms with Crippen molar-refractivity contribution >= 4 is 86.2 Å². The largest absolute Gasteiger partial charge is 0.0622 e. The average Bonchev–Trinajstić information content (AvgIpc) is 0.726. The third kappa shape index (κ3) is 14.1. The summed E-state index contributed by atoms with van der Waals surface area (Å²) in [6, 6.07) is 108. The lowest BCUT2D eigenvalue weighted by molar-refractivity contribution is 1.36. The van der Waals surface area contributed by atoms with E-state index >= 15 is 0 Å². The van der Waals surface area contributed by atoms with Crippen molar-refractivity contribution in [2.45, 2.75) is 111 Å². The molecule has 0 aliphatic carbocycles. The van der Waals surface area contributed by atoms with Crippen LogP contribution in [0.3, 0.4) is 0 Å². The Kier molecular flexibility index (Phi) is 19.7. The maximum atomic E-state index is 2.39. The minimum absolute atomic E-state index is 1.27. The number of hydrogen-bond donors (Lipinski definition) is 0. The molecule has 108 heavy (non-hydrogen) atoms. The van der Waals surface area contributed by atoms with E-state index in [0.717, 1.165) is 0 Å². The van der Waals surface area contributed by atoms with Gasteiger partial charge in [-0.15, -0.1) is 0 Å². The molecule has 0 nitrogen and oxygen atoms in total. The van der Waals surface area contributed by atoms with Crippen molar-refractivity contribution in [3.8, 4) is 66.8 Å². The van der Waals surface area contributed by atoms with E-state index in [1.165, 1.54) is 242 Å². The van der Waals surface area contributed by atoms with Gasteiger partial charge in [-0.05, 0) is 320 Å². The molecule has 0 aromatic heterocycles. The second-order valence-corrected chi connectivity index (χ2v) is 31.0. The maximum Gasteiger partial charge on any atom is -0.00262 e. The molecular formula is C108H96. The Morgan fingerprint density at radius 2 is 0.333 bits per heavy atom. The van der Waals surface area contributed by atoms with Gasteiger partial charge < -0.3 is 0 Å². The van der Waals surface area contributed by atoms with E-state index in [2.05, 4.69) is 402 Å². The monoisotopic (exact) mass is 1390 g/mol. The highest BCUT2D eigenvalue weighted by molar-refractivity contribution is 6.24. The van der Waals surface area contributed by atoms with Crippen molar-refractivity contribution in [2.75, 3.05) is 0 Å². The number of rotatable bonds is 6. The molecule has 0 saturated heterocycles. The topological polar surface area (TPSA) is 0 Å². The van der Waals surface area contributed by atoms with Gasteiger partial charge >= 0.3 is 0 Å². The summed E-state index contributed by atoms with van der Waals surface area (Å²) in [5.74, 6) is 0. The van der Waals surface area contributed by atoms with E-state index in [1.54, 1.807) is 0 Å². The minimum atomic E-state index is 1.27. The number of hydrogen-bond acceptors (Lipinski definition) is 0. The molecule has 0 amide bonds. The summed E-state index contributed by atoms with van der Waals surface area (Å²) in [4.78, 5) is 0. The Morgan fingerprint density at radius 3 is 0.685 bits per heavy atom. The van der Waals surface area contributed by atoms with Crippen molar-refractivity contribution in [1.82, 2.24) is 0 Å². The van der Waals surface area contributed by atoms with Crippen LogP contribution in [0.1, 0.15) is 89.0 Å². The van der Waals surface area contributed by atoms with Crippen LogP contribution in [-0.2, 0) is 0 Å². The molecule has 0 fully saturated rings. The predicted octanol–water partition coefficient (Wildman–Crippen LogP) is 30.9. The van der Waals surface area contributed by atoms with Crippen LogP contribution < -0.4 is 0 Å². The van der Waals surface area contributed by atoms with Gasteiger partial charge in [0.2, 0.25) is 0 Å². The first-order valence-corrected chi connectivity index (χ1v) is 38.3. The highest BCUT2D eigenvalue weighted by atomic mass is 14.2. The first-order chi connectivity index (χ1) is 52.1. The summed E-state index contributed by atoms with van der Waals surface area (Å²) >= 11 is 0. The van der Waals surface area contributed by atoms with Crippen LogP contribution in [0, 0.1) is 111 Å². The zero-order valence-corrected chi connectivity index (χ0v) is 65.7. The van der Waals surface area contributed by atoms with Crippen LogP contribution in [-0.4, -0.2) is 0 Å². The van der Waals surface area contributed by atoms with Crippen molar-refractivity contribution in [1.29, 1.82) is 0 Å². The summed E-state index contributed by atoms with van der Waals surface area (Å²) in [5, 5.41) is 21.3. The molecule has 0 radical (unpaired) electrons. The van der Waals surface area contributed by atoms with Crippen LogP contribution in [0.25, 0.3) is 153 Å². The van der Waals surface area contributed by atoms with Crippen molar-refractivity contribution in [2.24, 2.45) is 0 Å². The maximum absolute atomic E-state index is 2.39. The SMILES string of the molecule is Cc1ccc(-c2c3cc(C)c(C)cc3c(-c3ccccc3)c3cc(C)c(C)cc23)cc1.Cc1ccc(-c2c3cc(C)c(C)cc3cc3cc(C)c(C)cc23)cc1.Cc1ccc(-c2c3ccc(C)cc3c(-c3ccccc3)c3ccc(C)cc23)cc1.Cc1ccc(-c2c3ccc(C)cc3cc3ccc(C)cc23)cc1. The van der Waals surface area contributed by atoms with E-state index < -0.39 is 0 Å². The van der Waals surface area contributed by atoms with E-state index in [4.69, 9.17) is 0 Å².